The second kappa shape index (κ2) is 46.1. The minimum Gasteiger partial charge on any atom is -0.437 e. The molecule has 30 heteroatoms. The van der Waals surface area contributed by atoms with Crippen LogP contribution in [0, 0.1) is 79.0 Å². The van der Waals surface area contributed by atoms with Crippen LogP contribution < -0.4 is 0 Å². The molecular formula is C100H108N2O28. The maximum atomic E-state index is 12.7. The average Bonchev–Trinajstić information content (AvgIpc) is 1.58. The van der Waals surface area contributed by atoms with Crippen LogP contribution in [0.15, 0.2) is 207 Å². The van der Waals surface area contributed by atoms with E-state index in [9.17, 15) is 73.2 Å². The number of carbonyl (C=O) groups excluding carboxylic acids is 11. The summed E-state index contributed by atoms with van der Waals surface area (Å²) < 4.78 is 66.4. The molecule has 2 unspecified atom stereocenters. The lowest BCUT2D eigenvalue weighted by atomic mass is 9.85. The normalized spacial score (nSPS) is 30.7. The van der Waals surface area contributed by atoms with Gasteiger partial charge < -0.3 is 82.4 Å². The van der Waals surface area contributed by atoms with E-state index in [4.69, 9.17) is 87.6 Å². The van der Waals surface area contributed by atoms with Gasteiger partial charge >= 0.3 is 35.8 Å². The quantitative estimate of drug-likeness (QED) is 0.0205. The standard InChI is InChI=1S/C23H22O5.C21H21NO5.C16H18O4.C14H18O4.C14H16O4.C12H13NO6/c1-4-19-16(3)23(5-2,28-21(25)18-14-10-7-11-15-18)22(26-19)27-20(24)17-12-8-6-9-13-17;1-4-17-14(3)21(5-2,27-19(25)15-9-7-6-8-10-15)20(26-17)22-12-11-16(23)13-18(22)24;1-4-13-11(3)16(18,5-2)15(19-13)20-14(17)12-9-7-6-8-10-12;2*1-3-11-9(2)12(15)14(17-11)18-13(16)10-7-5-4-6-8-10;1-2-12(18)10(17)8(6-14)19-11(12)13-4-3-7(15)5-9(13)16/h2,6-16,19,22H,4H2,1,3H3;2,6-12,14,17,20H,4,13H2,1,3H3;2,6-11,13,15,18H,4H2,1,3H3;4-9,11-12,14-15H,3H2,1-2H3;4-9,11,14H,3H2,1-2H3;1,3-4,8,10-11,14,17-18H,5-6H2/t16-,19-,22?,23-;14-,17-,20-,21-;11-,13-,15?,16-;9-,11-,12-,14-;9-,11-,14-;8-,10-,11-,12-/m111111/s1. The van der Waals surface area contributed by atoms with Crippen LogP contribution in [0.5, 0.6) is 0 Å². The van der Waals surface area contributed by atoms with Crippen molar-refractivity contribution in [1.82, 2.24) is 9.80 Å². The fraction of sp³-hybridized carbons (Fsp3) is 0.410. The Bertz CT molecular complexity index is 5170. The van der Waals surface area contributed by atoms with E-state index in [0.717, 1.165) is 30.0 Å². The van der Waals surface area contributed by atoms with Gasteiger partial charge in [0.25, 0.3) is 12.6 Å². The summed E-state index contributed by atoms with van der Waals surface area (Å²) in [6.45, 7) is 18.3. The van der Waals surface area contributed by atoms with Gasteiger partial charge in [0.05, 0.1) is 83.3 Å². The summed E-state index contributed by atoms with van der Waals surface area (Å²) >= 11 is 0. The van der Waals surface area contributed by atoms with Gasteiger partial charge in [-0.25, -0.2) is 28.8 Å². The van der Waals surface area contributed by atoms with Crippen molar-refractivity contribution in [2.24, 2.45) is 29.6 Å². The maximum absolute atomic E-state index is 12.7. The highest BCUT2D eigenvalue weighted by Gasteiger charge is 2.62. The molecule has 2 amide bonds. The largest absolute Gasteiger partial charge is 0.437 e. The summed E-state index contributed by atoms with van der Waals surface area (Å²) in [6, 6.07) is 51.3. The predicted octanol–water partition coefficient (Wildman–Crippen LogP) is 10.0. The Balaban J connectivity index is 0.000000177. The van der Waals surface area contributed by atoms with Crippen LogP contribution in [0.25, 0.3) is 0 Å². The summed E-state index contributed by atoms with van der Waals surface area (Å²) in [6.07, 6.45) is 19.0. The smallest absolute Gasteiger partial charge is 0.340 e. The second-order valence-electron chi connectivity index (χ2n) is 31.6. The molecule has 8 heterocycles. The van der Waals surface area contributed by atoms with Crippen molar-refractivity contribution in [3.63, 3.8) is 0 Å². The summed E-state index contributed by atoms with van der Waals surface area (Å²) in [5.74, 6) is 3.01. The molecule has 0 bridgehead atoms. The molecule has 30 nitrogen and oxygen atoms in total. The minimum absolute atomic E-state index is 0.0245. The molecule has 8 aliphatic heterocycles. The number of terminal acetylenes is 4. The highest BCUT2D eigenvalue weighted by Crippen LogP contribution is 2.46. The van der Waals surface area contributed by atoms with Crippen LogP contribution in [-0.4, -0.2) is 216 Å². The Kier molecular flexibility index (Phi) is 35.8. The first-order chi connectivity index (χ1) is 62.2. The Morgan fingerprint density at radius 2 is 0.746 bits per heavy atom. The molecule has 5 N–H and O–H groups in total. The van der Waals surface area contributed by atoms with Gasteiger partial charge in [-0.15, -0.1) is 25.7 Å². The zero-order chi connectivity index (χ0) is 95.0. The molecule has 130 heavy (non-hydrogen) atoms. The van der Waals surface area contributed by atoms with Crippen molar-refractivity contribution in [2.75, 3.05) is 6.61 Å². The summed E-state index contributed by atoms with van der Waals surface area (Å²) in [7, 11) is 0. The highest BCUT2D eigenvalue weighted by atomic mass is 16.7. The van der Waals surface area contributed by atoms with Crippen LogP contribution in [-0.2, 0) is 80.8 Å². The minimum atomic E-state index is -2.15. The lowest BCUT2D eigenvalue weighted by Gasteiger charge is -2.37. The summed E-state index contributed by atoms with van der Waals surface area (Å²) in [5.41, 5.74) is -4.37. The van der Waals surface area contributed by atoms with Gasteiger partial charge in [-0.1, -0.05) is 202 Å². The SMILES string of the molecule is C#C[C@@]1(O)[C@H](O)[C@@H](CO)O[C@H]1N1C=CC(=O)CC1=O.C#C[C@@]1(OC(=O)c2ccccc2)[C@H](C)[C@@H](CC)O[C@H]1N1C=CC(=O)CC1=O.C#C[C@]1(O)C(OC(=O)c2ccccc2)O[C@H](CC)[C@H]1C.C#C[C@]1(OC(=O)c2ccccc2)C(OC(=O)c2ccccc2)O[C@H](CC)[C@H]1C.CC[C@H]1O[C@H](OC(=O)c2ccccc2)C(=O)[C@@H]1C.CC[C@H]1O[C@H](OC(=O)c2ccccc2)[C@H](O)[C@@H]1C. The molecular weight excluding hydrogens is 1680 g/mol. The lowest BCUT2D eigenvalue weighted by Crippen LogP contribution is -2.55. The molecule has 686 valence electrons. The number of benzene rings is 6. The number of hydrogen-bond acceptors (Lipinski definition) is 28. The fourth-order valence-electron chi connectivity index (χ4n) is 15.5. The Morgan fingerprint density at radius 1 is 0.400 bits per heavy atom. The third-order valence-corrected chi connectivity index (χ3v) is 23.6. The van der Waals surface area contributed by atoms with E-state index in [0.29, 0.717) is 52.6 Å². The molecule has 6 saturated heterocycles. The number of aliphatic hydroxyl groups excluding tert-OH is 3. The fourth-order valence-corrected chi connectivity index (χ4v) is 15.5. The van der Waals surface area contributed by atoms with E-state index >= 15 is 0 Å². The number of esters is 6. The molecule has 0 radical (unpaired) electrons. The molecule has 23 atom stereocenters. The van der Waals surface area contributed by atoms with Crippen molar-refractivity contribution in [2.45, 2.75) is 223 Å². The van der Waals surface area contributed by atoms with Crippen molar-refractivity contribution in [3.05, 3.63) is 240 Å². The van der Waals surface area contributed by atoms with Crippen molar-refractivity contribution in [1.29, 1.82) is 0 Å². The number of hydrogen-bond donors (Lipinski definition) is 5. The molecule has 6 aromatic carbocycles. The summed E-state index contributed by atoms with van der Waals surface area (Å²) in [5, 5.41) is 49.6. The third kappa shape index (κ3) is 23.1. The maximum Gasteiger partial charge on any atom is 0.340 e. The zero-order valence-corrected chi connectivity index (χ0v) is 73.6. The van der Waals surface area contributed by atoms with E-state index in [1.165, 1.54) is 17.2 Å². The first-order valence-electron chi connectivity index (χ1n) is 42.6. The molecule has 14 rings (SSSR count). The molecule has 0 aromatic heterocycles. The first-order valence-corrected chi connectivity index (χ1v) is 42.6. The second-order valence-corrected chi connectivity index (χ2v) is 31.6. The Labute approximate surface area is 754 Å². The van der Waals surface area contributed by atoms with E-state index in [-0.39, 0.29) is 90.3 Å². The van der Waals surface area contributed by atoms with Gasteiger partial charge in [-0.2, -0.15) is 0 Å². The number of rotatable bonds is 20. The highest BCUT2D eigenvalue weighted by molar-refractivity contribution is 6.07. The molecule has 6 fully saturated rings. The number of allylic oxidation sites excluding steroid dienone is 2. The topological polar surface area (TPSA) is 406 Å². The number of carbonyl (C=O) groups is 11. The Hall–Kier alpha value is -12.6. The first kappa shape index (κ1) is 101. The van der Waals surface area contributed by atoms with Crippen LogP contribution >= 0.6 is 0 Å². The number of aliphatic hydroxyl groups is 5. The van der Waals surface area contributed by atoms with E-state index in [2.05, 4.69) is 17.8 Å². The molecule has 0 saturated carbocycles. The van der Waals surface area contributed by atoms with Crippen LogP contribution in [0.4, 0.5) is 0 Å². The third-order valence-electron chi connectivity index (χ3n) is 23.6. The van der Waals surface area contributed by atoms with Gasteiger partial charge in [0, 0.05) is 42.0 Å². The van der Waals surface area contributed by atoms with Gasteiger partial charge in [-0.05, 0) is 117 Å². The Morgan fingerprint density at radius 3 is 1.12 bits per heavy atom. The van der Waals surface area contributed by atoms with Gasteiger partial charge in [0.15, 0.2) is 35.2 Å². The van der Waals surface area contributed by atoms with Crippen molar-refractivity contribution >= 4 is 65.0 Å². The van der Waals surface area contributed by atoms with E-state index < -0.39 is 133 Å². The van der Waals surface area contributed by atoms with Gasteiger partial charge in [0.2, 0.25) is 41.4 Å². The van der Waals surface area contributed by atoms with Crippen LogP contribution in [0.1, 0.15) is 176 Å². The number of amides is 2. The summed E-state index contributed by atoms with van der Waals surface area (Å²) in [4.78, 5) is 134. The lowest BCUT2D eigenvalue weighted by molar-refractivity contribution is -0.156. The van der Waals surface area contributed by atoms with Crippen LogP contribution in [0.3, 0.4) is 0 Å². The molecule has 8 aliphatic rings. The monoisotopic (exact) mass is 1780 g/mol. The van der Waals surface area contributed by atoms with Gasteiger partial charge in [-0.3, -0.25) is 33.8 Å². The molecule has 0 aliphatic carbocycles. The van der Waals surface area contributed by atoms with E-state index in [1.807, 2.05) is 73.4 Å². The number of ketones is 3. The number of nitrogens with zero attached hydrogens (tertiary/aromatic N) is 2. The van der Waals surface area contributed by atoms with E-state index in [1.54, 1.807) is 184 Å². The number of ether oxygens (including phenoxy) is 12. The predicted molar refractivity (Wildman–Crippen MR) is 466 cm³/mol. The van der Waals surface area contributed by atoms with Crippen LogP contribution in [0.2, 0.25) is 0 Å². The average molecular weight is 1790 g/mol. The molecule has 0 spiro atoms. The number of Topliss-reactive ketones (excluding diaryl/α,β-unsaturated/α-hetero) is 1. The van der Waals surface area contributed by atoms with Crippen molar-refractivity contribution in [3.8, 4) is 49.4 Å². The van der Waals surface area contributed by atoms with Crippen molar-refractivity contribution < 1.29 is 135 Å². The van der Waals surface area contributed by atoms with Gasteiger partial charge in [0.1, 0.15) is 18.3 Å². The molecule has 6 aromatic rings. The zero-order valence-electron chi connectivity index (χ0n) is 73.6.